The summed E-state index contributed by atoms with van der Waals surface area (Å²) < 4.78 is 6.63. The first kappa shape index (κ1) is 14.2. The number of hydrogen-bond acceptors (Lipinski definition) is 5. The largest absolute Gasteiger partial charge is 0.465 e. The van der Waals surface area contributed by atoms with Crippen LogP contribution in [0.1, 0.15) is 21.9 Å². The standard InChI is InChI=1S/C14H18N4O2/c1-18-8-7-16-13(18)5-6-15-10-12-4-3-11(9-17-12)14(19)20-2/h3-4,7-9,15H,5-6,10H2,1-2H3. The van der Waals surface area contributed by atoms with Crippen LogP contribution in [0.15, 0.2) is 30.7 Å². The van der Waals surface area contributed by atoms with Gasteiger partial charge < -0.3 is 14.6 Å². The third-order valence-corrected chi connectivity index (χ3v) is 3.00. The predicted molar refractivity (Wildman–Crippen MR) is 74.2 cm³/mol. The molecule has 2 aromatic heterocycles. The van der Waals surface area contributed by atoms with Gasteiger partial charge in [0.15, 0.2) is 0 Å². The van der Waals surface area contributed by atoms with Crippen molar-refractivity contribution in [3.8, 4) is 0 Å². The van der Waals surface area contributed by atoms with Crippen molar-refractivity contribution in [2.24, 2.45) is 7.05 Å². The molecule has 0 aliphatic carbocycles. The second-order valence-electron chi connectivity index (χ2n) is 4.41. The highest BCUT2D eigenvalue weighted by Crippen LogP contribution is 2.02. The summed E-state index contributed by atoms with van der Waals surface area (Å²) >= 11 is 0. The van der Waals surface area contributed by atoms with Crippen LogP contribution in [0, 0.1) is 0 Å². The Labute approximate surface area is 117 Å². The van der Waals surface area contributed by atoms with E-state index in [9.17, 15) is 4.79 Å². The number of hydrogen-bond donors (Lipinski definition) is 1. The van der Waals surface area contributed by atoms with Crippen molar-refractivity contribution in [3.05, 3.63) is 47.8 Å². The average molecular weight is 274 g/mol. The number of carbonyl (C=O) groups excluding carboxylic acids is 1. The van der Waals surface area contributed by atoms with Gasteiger partial charge >= 0.3 is 5.97 Å². The van der Waals surface area contributed by atoms with Gasteiger partial charge in [0.1, 0.15) is 5.82 Å². The summed E-state index contributed by atoms with van der Waals surface area (Å²) in [7, 11) is 3.34. The van der Waals surface area contributed by atoms with Gasteiger partial charge in [-0.3, -0.25) is 4.98 Å². The molecule has 0 aliphatic rings. The molecule has 20 heavy (non-hydrogen) atoms. The van der Waals surface area contributed by atoms with Gasteiger partial charge in [0.25, 0.3) is 0 Å². The van der Waals surface area contributed by atoms with Crippen LogP contribution in [0.2, 0.25) is 0 Å². The highest BCUT2D eigenvalue weighted by Gasteiger charge is 2.05. The summed E-state index contributed by atoms with van der Waals surface area (Å²) in [6.07, 6.45) is 6.12. The fourth-order valence-electron chi connectivity index (χ4n) is 1.82. The molecule has 2 rings (SSSR count). The van der Waals surface area contributed by atoms with Gasteiger partial charge in [0, 0.05) is 45.1 Å². The molecule has 0 atom stereocenters. The van der Waals surface area contributed by atoms with E-state index < -0.39 is 0 Å². The minimum atomic E-state index is -0.369. The lowest BCUT2D eigenvalue weighted by molar-refractivity contribution is 0.0600. The van der Waals surface area contributed by atoms with E-state index >= 15 is 0 Å². The molecule has 106 valence electrons. The number of esters is 1. The molecule has 1 N–H and O–H groups in total. The Morgan fingerprint density at radius 3 is 2.85 bits per heavy atom. The average Bonchev–Trinajstić information content (AvgIpc) is 2.89. The van der Waals surface area contributed by atoms with Gasteiger partial charge in [0.2, 0.25) is 0 Å². The normalized spacial score (nSPS) is 10.5. The smallest absolute Gasteiger partial charge is 0.339 e. The quantitative estimate of drug-likeness (QED) is 0.627. The van der Waals surface area contributed by atoms with E-state index in [2.05, 4.69) is 20.0 Å². The Morgan fingerprint density at radius 1 is 1.40 bits per heavy atom. The fraction of sp³-hybridized carbons (Fsp3) is 0.357. The van der Waals surface area contributed by atoms with Crippen LogP contribution in [0.5, 0.6) is 0 Å². The summed E-state index contributed by atoms with van der Waals surface area (Å²) in [4.78, 5) is 19.7. The summed E-state index contributed by atoms with van der Waals surface area (Å²) in [6, 6.07) is 3.54. The molecule has 0 spiro atoms. The van der Waals surface area contributed by atoms with Crippen molar-refractivity contribution in [2.75, 3.05) is 13.7 Å². The van der Waals surface area contributed by atoms with E-state index in [1.165, 1.54) is 13.3 Å². The van der Waals surface area contributed by atoms with Crippen molar-refractivity contribution in [1.82, 2.24) is 19.9 Å². The van der Waals surface area contributed by atoms with E-state index in [1.54, 1.807) is 12.3 Å². The highest BCUT2D eigenvalue weighted by atomic mass is 16.5. The molecule has 0 saturated heterocycles. The number of carbonyl (C=O) groups is 1. The van der Waals surface area contributed by atoms with E-state index in [4.69, 9.17) is 0 Å². The molecule has 6 heteroatoms. The van der Waals surface area contributed by atoms with E-state index in [1.807, 2.05) is 23.9 Å². The first-order valence-electron chi connectivity index (χ1n) is 6.41. The number of rotatable bonds is 6. The molecule has 0 aromatic carbocycles. The van der Waals surface area contributed by atoms with Crippen LogP contribution in [0.25, 0.3) is 0 Å². The molecule has 0 bridgehead atoms. The Kier molecular flexibility index (Phi) is 4.84. The SMILES string of the molecule is COC(=O)c1ccc(CNCCc2nccn2C)nc1. The number of nitrogens with zero attached hydrogens (tertiary/aromatic N) is 3. The van der Waals surface area contributed by atoms with Gasteiger partial charge in [0.05, 0.1) is 18.4 Å². The molecular formula is C14H18N4O2. The zero-order chi connectivity index (χ0) is 14.4. The van der Waals surface area contributed by atoms with Gasteiger partial charge in [-0.1, -0.05) is 0 Å². The van der Waals surface area contributed by atoms with Crippen molar-refractivity contribution in [2.45, 2.75) is 13.0 Å². The monoisotopic (exact) mass is 274 g/mol. The van der Waals surface area contributed by atoms with Crippen LogP contribution >= 0.6 is 0 Å². The van der Waals surface area contributed by atoms with Crippen molar-refractivity contribution < 1.29 is 9.53 Å². The van der Waals surface area contributed by atoms with Crippen molar-refractivity contribution in [1.29, 1.82) is 0 Å². The number of imidazole rings is 1. The zero-order valence-electron chi connectivity index (χ0n) is 11.7. The van der Waals surface area contributed by atoms with Crippen LogP contribution in [-0.2, 0) is 24.8 Å². The minimum absolute atomic E-state index is 0.369. The minimum Gasteiger partial charge on any atom is -0.465 e. The Balaban J connectivity index is 1.77. The summed E-state index contributed by atoms with van der Waals surface area (Å²) in [6.45, 7) is 1.48. The number of pyridine rings is 1. The van der Waals surface area contributed by atoms with E-state index in [0.29, 0.717) is 12.1 Å². The number of ether oxygens (including phenoxy) is 1. The molecule has 0 unspecified atom stereocenters. The van der Waals surface area contributed by atoms with Gasteiger partial charge in [-0.05, 0) is 12.1 Å². The van der Waals surface area contributed by atoms with Crippen LogP contribution in [0.3, 0.4) is 0 Å². The second-order valence-corrected chi connectivity index (χ2v) is 4.41. The summed E-state index contributed by atoms with van der Waals surface area (Å²) in [5, 5.41) is 3.30. The molecule has 6 nitrogen and oxygen atoms in total. The maximum Gasteiger partial charge on any atom is 0.339 e. The maximum absolute atomic E-state index is 11.3. The Hall–Kier alpha value is -2.21. The van der Waals surface area contributed by atoms with Gasteiger partial charge in [-0.15, -0.1) is 0 Å². The molecule has 2 aromatic rings. The number of aromatic nitrogens is 3. The Bertz CT molecular complexity index is 563. The number of methoxy groups -OCH3 is 1. The lowest BCUT2D eigenvalue weighted by atomic mass is 10.2. The van der Waals surface area contributed by atoms with Crippen molar-refractivity contribution >= 4 is 5.97 Å². The van der Waals surface area contributed by atoms with Gasteiger partial charge in [-0.2, -0.15) is 0 Å². The Morgan fingerprint density at radius 2 is 2.25 bits per heavy atom. The summed E-state index contributed by atoms with van der Waals surface area (Å²) in [5.41, 5.74) is 1.35. The van der Waals surface area contributed by atoms with Crippen molar-refractivity contribution in [3.63, 3.8) is 0 Å². The highest BCUT2D eigenvalue weighted by molar-refractivity contribution is 5.88. The zero-order valence-corrected chi connectivity index (χ0v) is 11.7. The predicted octanol–water partition coefficient (Wildman–Crippen LogP) is 0.934. The fourth-order valence-corrected chi connectivity index (χ4v) is 1.82. The maximum atomic E-state index is 11.3. The second kappa shape index (κ2) is 6.81. The number of nitrogens with one attached hydrogen (secondary N) is 1. The molecular weight excluding hydrogens is 256 g/mol. The third-order valence-electron chi connectivity index (χ3n) is 3.00. The lowest BCUT2D eigenvalue weighted by Crippen LogP contribution is -2.19. The molecule has 2 heterocycles. The first-order valence-corrected chi connectivity index (χ1v) is 6.41. The number of aryl methyl sites for hydroxylation is 1. The first-order chi connectivity index (χ1) is 9.70. The third kappa shape index (κ3) is 3.64. The molecule has 0 radical (unpaired) electrons. The van der Waals surface area contributed by atoms with E-state index in [0.717, 1.165) is 24.5 Å². The molecule has 0 fully saturated rings. The lowest BCUT2D eigenvalue weighted by Gasteiger charge is -2.05. The van der Waals surface area contributed by atoms with Gasteiger partial charge in [-0.25, -0.2) is 9.78 Å². The topological polar surface area (TPSA) is 69.0 Å². The van der Waals surface area contributed by atoms with Crippen LogP contribution in [0.4, 0.5) is 0 Å². The molecule has 0 saturated carbocycles. The van der Waals surface area contributed by atoms with Crippen LogP contribution < -0.4 is 5.32 Å². The summed E-state index contributed by atoms with van der Waals surface area (Å²) in [5.74, 6) is 0.679. The molecule has 0 aliphatic heterocycles. The molecule has 0 amide bonds. The van der Waals surface area contributed by atoms with Crippen LogP contribution in [-0.4, -0.2) is 34.2 Å². The van der Waals surface area contributed by atoms with E-state index in [-0.39, 0.29) is 5.97 Å².